The second kappa shape index (κ2) is 6.17. The molecule has 0 aliphatic carbocycles. The molecule has 1 atom stereocenters. The topological polar surface area (TPSA) is 81.6 Å². The summed E-state index contributed by atoms with van der Waals surface area (Å²) in [7, 11) is 1.58. The highest BCUT2D eigenvalue weighted by Crippen LogP contribution is 2.30. The standard InChI is InChI=1S/C16H18N2O3/c1-10(14-7-6-13(19)9-15(14)20)18-12-5-3-4-11(8-12)16(21)17-2/h3-10,18-20H,1-2H3,(H,17,21). The molecule has 5 heteroatoms. The third-order valence-electron chi connectivity index (χ3n) is 3.22. The lowest BCUT2D eigenvalue weighted by Crippen LogP contribution is -2.18. The summed E-state index contributed by atoms with van der Waals surface area (Å²) in [5.74, 6) is -0.110. The van der Waals surface area contributed by atoms with Crippen LogP contribution in [0.2, 0.25) is 0 Å². The molecular formula is C16H18N2O3. The number of benzene rings is 2. The molecule has 0 saturated carbocycles. The van der Waals surface area contributed by atoms with Crippen molar-refractivity contribution in [1.82, 2.24) is 5.32 Å². The van der Waals surface area contributed by atoms with E-state index in [1.165, 1.54) is 12.1 Å². The predicted molar refractivity (Wildman–Crippen MR) is 81.6 cm³/mol. The van der Waals surface area contributed by atoms with E-state index >= 15 is 0 Å². The van der Waals surface area contributed by atoms with Crippen molar-refractivity contribution < 1.29 is 15.0 Å². The number of carbonyl (C=O) groups is 1. The van der Waals surface area contributed by atoms with Gasteiger partial charge in [-0.3, -0.25) is 4.79 Å². The van der Waals surface area contributed by atoms with Gasteiger partial charge in [0.05, 0.1) is 6.04 Å². The molecule has 0 aromatic heterocycles. The van der Waals surface area contributed by atoms with Crippen molar-refractivity contribution in [3.05, 3.63) is 53.6 Å². The minimum atomic E-state index is -0.175. The van der Waals surface area contributed by atoms with Crippen LogP contribution in [0.4, 0.5) is 5.69 Å². The van der Waals surface area contributed by atoms with Crippen LogP contribution < -0.4 is 10.6 Å². The monoisotopic (exact) mass is 286 g/mol. The molecule has 1 unspecified atom stereocenters. The van der Waals surface area contributed by atoms with E-state index in [1.54, 1.807) is 31.3 Å². The first-order valence-corrected chi connectivity index (χ1v) is 6.62. The SMILES string of the molecule is CNC(=O)c1cccc(NC(C)c2ccc(O)cc2O)c1. The molecule has 110 valence electrons. The Balaban J connectivity index is 2.19. The van der Waals surface area contributed by atoms with Gasteiger partial charge < -0.3 is 20.8 Å². The number of amides is 1. The lowest BCUT2D eigenvalue weighted by molar-refractivity contribution is 0.0963. The summed E-state index contributed by atoms with van der Waals surface area (Å²) in [6, 6.07) is 11.4. The molecule has 4 N–H and O–H groups in total. The van der Waals surface area contributed by atoms with E-state index < -0.39 is 0 Å². The van der Waals surface area contributed by atoms with Gasteiger partial charge in [0.25, 0.3) is 5.91 Å². The van der Waals surface area contributed by atoms with Crippen LogP contribution in [0.3, 0.4) is 0 Å². The second-order valence-electron chi connectivity index (χ2n) is 4.77. The van der Waals surface area contributed by atoms with Crippen LogP contribution in [0.15, 0.2) is 42.5 Å². The van der Waals surface area contributed by atoms with Gasteiger partial charge in [-0.15, -0.1) is 0 Å². The quantitative estimate of drug-likeness (QED) is 0.696. The Morgan fingerprint density at radius 1 is 1.14 bits per heavy atom. The average Bonchev–Trinajstić information content (AvgIpc) is 2.46. The third kappa shape index (κ3) is 3.45. The van der Waals surface area contributed by atoms with Crippen LogP contribution in [-0.4, -0.2) is 23.2 Å². The molecule has 0 fully saturated rings. The van der Waals surface area contributed by atoms with Crippen LogP contribution in [0.5, 0.6) is 11.5 Å². The number of phenolic OH excluding ortho intramolecular Hbond substituents is 2. The maximum atomic E-state index is 11.6. The van der Waals surface area contributed by atoms with Crippen molar-refractivity contribution in [2.75, 3.05) is 12.4 Å². The molecule has 0 heterocycles. The van der Waals surface area contributed by atoms with Gasteiger partial charge in [0.2, 0.25) is 0 Å². The number of rotatable bonds is 4. The van der Waals surface area contributed by atoms with Gasteiger partial charge in [-0.1, -0.05) is 6.07 Å². The van der Waals surface area contributed by atoms with Gasteiger partial charge in [-0.25, -0.2) is 0 Å². The molecule has 2 rings (SSSR count). The maximum Gasteiger partial charge on any atom is 0.251 e. The Bertz CT molecular complexity index is 656. The fourth-order valence-corrected chi connectivity index (χ4v) is 2.12. The van der Waals surface area contributed by atoms with Gasteiger partial charge >= 0.3 is 0 Å². The normalized spacial score (nSPS) is 11.7. The lowest BCUT2D eigenvalue weighted by Gasteiger charge is -2.17. The first kappa shape index (κ1) is 14.7. The first-order valence-electron chi connectivity index (χ1n) is 6.62. The summed E-state index contributed by atoms with van der Waals surface area (Å²) < 4.78 is 0. The van der Waals surface area contributed by atoms with Crippen LogP contribution in [0.1, 0.15) is 28.9 Å². The second-order valence-corrected chi connectivity index (χ2v) is 4.77. The Morgan fingerprint density at radius 3 is 2.57 bits per heavy atom. The zero-order valence-corrected chi connectivity index (χ0v) is 11.9. The van der Waals surface area contributed by atoms with Crippen molar-refractivity contribution in [3.8, 4) is 11.5 Å². The van der Waals surface area contributed by atoms with E-state index in [0.29, 0.717) is 11.1 Å². The molecule has 0 aliphatic rings. The van der Waals surface area contributed by atoms with Gasteiger partial charge in [0.15, 0.2) is 0 Å². The fraction of sp³-hybridized carbons (Fsp3) is 0.188. The van der Waals surface area contributed by atoms with E-state index in [4.69, 9.17) is 0 Å². The lowest BCUT2D eigenvalue weighted by atomic mass is 10.1. The summed E-state index contributed by atoms with van der Waals surface area (Å²) in [4.78, 5) is 11.6. The molecule has 0 bridgehead atoms. The zero-order chi connectivity index (χ0) is 15.4. The molecule has 1 amide bonds. The van der Waals surface area contributed by atoms with Crippen molar-refractivity contribution in [2.24, 2.45) is 0 Å². The van der Waals surface area contributed by atoms with Crippen LogP contribution >= 0.6 is 0 Å². The van der Waals surface area contributed by atoms with E-state index in [2.05, 4.69) is 10.6 Å². The highest BCUT2D eigenvalue weighted by Gasteiger charge is 2.12. The Morgan fingerprint density at radius 2 is 1.90 bits per heavy atom. The number of carbonyl (C=O) groups excluding carboxylic acids is 1. The molecular weight excluding hydrogens is 268 g/mol. The van der Waals surface area contributed by atoms with Gasteiger partial charge in [-0.05, 0) is 37.3 Å². The minimum absolute atomic E-state index is 0.0186. The number of hydrogen-bond acceptors (Lipinski definition) is 4. The Labute approximate surface area is 123 Å². The fourth-order valence-electron chi connectivity index (χ4n) is 2.12. The molecule has 0 aliphatic heterocycles. The van der Waals surface area contributed by atoms with E-state index in [1.807, 2.05) is 13.0 Å². The van der Waals surface area contributed by atoms with Crippen molar-refractivity contribution in [1.29, 1.82) is 0 Å². The number of phenols is 2. The smallest absolute Gasteiger partial charge is 0.251 e. The number of nitrogens with one attached hydrogen (secondary N) is 2. The highest BCUT2D eigenvalue weighted by molar-refractivity contribution is 5.94. The number of anilines is 1. The molecule has 0 saturated heterocycles. The largest absolute Gasteiger partial charge is 0.508 e. The van der Waals surface area contributed by atoms with E-state index in [-0.39, 0.29) is 23.4 Å². The van der Waals surface area contributed by atoms with Crippen molar-refractivity contribution in [2.45, 2.75) is 13.0 Å². The summed E-state index contributed by atoms with van der Waals surface area (Å²) in [5, 5.41) is 25.0. The van der Waals surface area contributed by atoms with Gasteiger partial charge in [0.1, 0.15) is 11.5 Å². The molecule has 2 aromatic rings. The first-order chi connectivity index (χ1) is 10.0. The van der Waals surface area contributed by atoms with Crippen molar-refractivity contribution in [3.63, 3.8) is 0 Å². The Kier molecular flexibility index (Phi) is 4.33. The van der Waals surface area contributed by atoms with Gasteiger partial charge in [-0.2, -0.15) is 0 Å². The molecule has 21 heavy (non-hydrogen) atoms. The predicted octanol–water partition coefficient (Wildman–Crippen LogP) is 2.63. The van der Waals surface area contributed by atoms with Crippen LogP contribution in [-0.2, 0) is 0 Å². The van der Waals surface area contributed by atoms with E-state index in [0.717, 1.165) is 5.69 Å². The molecule has 2 aromatic carbocycles. The molecule has 0 spiro atoms. The summed E-state index contributed by atoms with van der Waals surface area (Å²) in [5.41, 5.74) is 2.00. The highest BCUT2D eigenvalue weighted by atomic mass is 16.3. The van der Waals surface area contributed by atoms with Gasteiger partial charge in [0, 0.05) is 29.9 Å². The summed E-state index contributed by atoms with van der Waals surface area (Å²) in [6.07, 6.45) is 0. The number of hydrogen-bond donors (Lipinski definition) is 4. The minimum Gasteiger partial charge on any atom is -0.508 e. The summed E-state index contributed by atoms with van der Waals surface area (Å²) >= 11 is 0. The molecule has 0 radical (unpaired) electrons. The van der Waals surface area contributed by atoms with E-state index in [9.17, 15) is 15.0 Å². The van der Waals surface area contributed by atoms with Crippen LogP contribution in [0, 0.1) is 0 Å². The maximum absolute atomic E-state index is 11.6. The van der Waals surface area contributed by atoms with Crippen molar-refractivity contribution >= 4 is 11.6 Å². The number of aromatic hydroxyl groups is 2. The zero-order valence-electron chi connectivity index (χ0n) is 11.9. The Hall–Kier alpha value is -2.69. The third-order valence-corrected chi connectivity index (χ3v) is 3.22. The average molecular weight is 286 g/mol. The van der Waals surface area contributed by atoms with Crippen LogP contribution in [0.25, 0.3) is 0 Å². The molecule has 5 nitrogen and oxygen atoms in total. The summed E-state index contributed by atoms with van der Waals surface area (Å²) in [6.45, 7) is 1.89.